The molecule has 10 nitrogen and oxygen atoms in total. The molecule has 4 heterocycles. The highest BCUT2D eigenvalue weighted by atomic mass is 19.1. The van der Waals surface area contributed by atoms with Crippen molar-refractivity contribution >= 4 is 22.6 Å². The summed E-state index contributed by atoms with van der Waals surface area (Å²) in [6, 6.07) is 12.8. The molecule has 2 aromatic carbocycles. The Hall–Kier alpha value is -5.20. The molecule has 0 bridgehead atoms. The number of aromatic amines is 1. The SMILES string of the molecule is Cc1cc2nccc(Oc3ccc(NC(=O)c4c[nH]c(C)c(-c5ccc(F)cc5)c4=O)cc3F)c2nc1OCCCN1CCOCC1. The van der Waals surface area contributed by atoms with Crippen LogP contribution in [-0.2, 0) is 4.74 Å². The summed E-state index contributed by atoms with van der Waals surface area (Å²) < 4.78 is 46.1. The normalized spacial score (nSPS) is 13.4. The molecule has 0 atom stereocenters. The van der Waals surface area contributed by atoms with Crippen molar-refractivity contribution in [3.63, 3.8) is 0 Å². The summed E-state index contributed by atoms with van der Waals surface area (Å²) in [7, 11) is 0. The van der Waals surface area contributed by atoms with E-state index in [1.807, 2.05) is 13.0 Å². The van der Waals surface area contributed by atoms with Crippen LogP contribution in [0.5, 0.6) is 17.4 Å². The number of hydrogen-bond acceptors (Lipinski definition) is 8. The van der Waals surface area contributed by atoms with Gasteiger partial charge in [0.15, 0.2) is 17.3 Å². The van der Waals surface area contributed by atoms with Gasteiger partial charge in [-0.05, 0) is 56.2 Å². The number of amides is 1. The molecule has 0 unspecified atom stereocenters. The second-order valence-corrected chi connectivity index (χ2v) is 11.2. The number of morpholine rings is 1. The van der Waals surface area contributed by atoms with Gasteiger partial charge in [0.1, 0.15) is 16.9 Å². The Labute approximate surface area is 269 Å². The number of carbonyl (C=O) groups is 1. The van der Waals surface area contributed by atoms with Crippen molar-refractivity contribution in [1.29, 1.82) is 0 Å². The zero-order chi connectivity index (χ0) is 32.9. The average molecular weight is 642 g/mol. The fourth-order valence-corrected chi connectivity index (χ4v) is 5.37. The Morgan fingerprint density at radius 3 is 2.60 bits per heavy atom. The van der Waals surface area contributed by atoms with Crippen molar-refractivity contribution in [3.8, 4) is 28.5 Å². The summed E-state index contributed by atoms with van der Waals surface area (Å²) in [5, 5.41) is 2.56. The monoisotopic (exact) mass is 641 g/mol. The minimum atomic E-state index is -0.746. The summed E-state index contributed by atoms with van der Waals surface area (Å²) in [4.78, 5) is 40.6. The molecule has 0 radical (unpaired) electrons. The van der Waals surface area contributed by atoms with E-state index < -0.39 is 23.0 Å². The van der Waals surface area contributed by atoms with E-state index >= 15 is 4.39 Å². The maximum Gasteiger partial charge on any atom is 0.261 e. The molecular weight excluding hydrogens is 608 g/mol. The van der Waals surface area contributed by atoms with Crippen LogP contribution in [0.15, 0.2) is 71.8 Å². The van der Waals surface area contributed by atoms with Crippen LogP contribution in [0, 0.1) is 25.5 Å². The van der Waals surface area contributed by atoms with Crippen LogP contribution in [-0.4, -0.2) is 65.2 Å². The van der Waals surface area contributed by atoms with Gasteiger partial charge in [0.05, 0.1) is 25.3 Å². The first kappa shape index (κ1) is 31.8. The molecule has 0 spiro atoms. The van der Waals surface area contributed by atoms with Crippen LogP contribution in [0.3, 0.4) is 0 Å². The van der Waals surface area contributed by atoms with Gasteiger partial charge in [-0.2, -0.15) is 0 Å². The van der Waals surface area contributed by atoms with E-state index in [1.54, 1.807) is 19.2 Å². The lowest BCUT2D eigenvalue weighted by Gasteiger charge is -2.26. The molecule has 1 saturated heterocycles. The van der Waals surface area contributed by atoms with E-state index in [0.717, 1.165) is 50.9 Å². The molecule has 0 aliphatic carbocycles. The van der Waals surface area contributed by atoms with Crippen molar-refractivity contribution in [2.45, 2.75) is 20.3 Å². The van der Waals surface area contributed by atoms with Crippen LogP contribution in [0.25, 0.3) is 22.2 Å². The molecule has 242 valence electrons. The topological polar surface area (TPSA) is 119 Å². The molecule has 1 amide bonds. The summed E-state index contributed by atoms with van der Waals surface area (Å²) in [5.74, 6) is -1.30. The molecule has 0 saturated carbocycles. The highest BCUT2D eigenvalue weighted by molar-refractivity contribution is 6.04. The van der Waals surface area contributed by atoms with E-state index in [4.69, 9.17) is 14.2 Å². The van der Waals surface area contributed by atoms with Crippen LogP contribution in [0.4, 0.5) is 14.5 Å². The van der Waals surface area contributed by atoms with Gasteiger partial charge in [-0.1, -0.05) is 12.1 Å². The minimum absolute atomic E-state index is 0.0994. The van der Waals surface area contributed by atoms with Gasteiger partial charge in [-0.25, -0.2) is 13.8 Å². The fourth-order valence-electron chi connectivity index (χ4n) is 5.37. The maximum atomic E-state index is 15.3. The Bertz CT molecular complexity index is 1980. The molecule has 12 heteroatoms. The Balaban J connectivity index is 1.16. The number of hydrogen-bond donors (Lipinski definition) is 2. The number of anilines is 1. The van der Waals surface area contributed by atoms with Crippen molar-refractivity contribution < 1.29 is 27.8 Å². The van der Waals surface area contributed by atoms with Gasteiger partial charge in [0, 0.05) is 66.7 Å². The molecule has 1 fully saturated rings. The second kappa shape index (κ2) is 14.1. The van der Waals surface area contributed by atoms with Gasteiger partial charge in [-0.3, -0.25) is 19.5 Å². The van der Waals surface area contributed by atoms with Gasteiger partial charge in [0.25, 0.3) is 5.91 Å². The smallest absolute Gasteiger partial charge is 0.261 e. The van der Waals surface area contributed by atoms with Gasteiger partial charge < -0.3 is 24.5 Å². The zero-order valence-electron chi connectivity index (χ0n) is 25.9. The number of pyridine rings is 3. The lowest BCUT2D eigenvalue weighted by molar-refractivity contribution is 0.0357. The average Bonchev–Trinajstić information content (AvgIpc) is 3.06. The van der Waals surface area contributed by atoms with Gasteiger partial charge in [-0.15, -0.1) is 0 Å². The Morgan fingerprint density at radius 1 is 1.04 bits per heavy atom. The molecule has 2 N–H and O–H groups in total. The Kier molecular flexibility index (Phi) is 9.50. The molecule has 47 heavy (non-hydrogen) atoms. The first-order chi connectivity index (χ1) is 22.8. The second-order valence-electron chi connectivity index (χ2n) is 11.2. The van der Waals surface area contributed by atoms with Crippen molar-refractivity contribution in [1.82, 2.24) is 19.9 Å². The van der Waals surface area contributed by atoms with Crippen molar-refractivity contribution in [2.75, 3.05) is 44.8 Å². The summed E-state index contributed by atoms with van der Waals surface area (Å²) in [5.41, 5.74) is 2.40. The highest BCUT2D eigenvalue weighted by Crippen LogP contribution is 2.33. The van der Waals surface area contributed by atoms with Crippen LogP contribution < -0.4 is 20.2 Å². The number of fused-ring (bicyclic) bond motifs is 1. The van der Waals surface area contributed by atoms with Crippen LogP contribution in [0.2, 0.25) is 0 Å². The molecule has 5 aromatic rings. The van der Waals surface area contributed by atoms with E-state index in [0.29, 0.717) is 34.8 Å². The number of rotatable bonds is 10. The number of benzene rings is 2. The lowest BCUT2D eigenvalue weighted by atomic mass is 10.0. The van der Waals surface area contributed by atoms with Crippen molar-refractivity contribution in [2.24, 2.45) is 0 Å². The first-order valence-corrected chi connectivity index (χ1v) is 15.2. The third-order valence-corrected chi connectivity index (χ3v) is 7.85. The predicted molar refractivity (Wildman–Crippen MR) is 173 cm³/mol. The number of H-pyrrole nitrogens is 1. The summed E-state index contributed by atoms with van der Waals surface area (Å²) in [6.07, 6.45) is 3.67. The maximum absolute atomic E-state index is 15.3. The number of aryl methyl sites for hydroxylation is 2. The molecule has 3 aromatic heterocycles. The molecule has 6 rings (SSSR count). The number of nitrogens with zero attached hydrogens (tertiary/aromatic N) is 3. The zero-order valence-corrected chi connectivity index (χ0v) is 25.9. The van der Waals surface area contributed by atoms with E-state index in [-0.39, 0.29) is 28.3 Å². The number of nitrogens with one attached hydrogen (secondary N) is 2. The lowest BCUT2D eigenvalue weighted by Crippen LogP contribution is -2.37. The molecule has 1 aliphatic heterocycles. The third kappa shape index (κ3) is 7.29. The first-order valence-electron chi connectivity index (χ1n) is 15.2. The standard InChI is InChI=1S/C35H33F2N5O5/c1-21-18-28-32(41-35(21)46-15-3-12-42-13-16-45-17-14-42)30(10-11-38-28)47-29-9-8-25(19-27(29)37)40-34(44)26-20-39-22(2)31(33(26)43)23-4-6-24(36)7-5-23/h4-11,18-20H,3,12-17H2,1-2H3,(H,39,43)(H,40,44). The molecular formula is C35H33F2N5O5. The highest BCUT2D eigenvalue weighted by Gasteiger charge is 2.19. The predicted octanol–water partition coefficient (Wildman–Crippen LogP) is 6.03. The number of carbonyl (C=O) groups excluding carboxylic acids is 1. The van der Waals surface area contributed by atoms with Crippen LogP contribution in [0.1, 0.15) is 28.0 Å². The minimum Gasteiger partial charge on any atom is -0.477 e. The third-order valence-electron chi connectivity index (χ3n) is 7.85. The quantitative estimate of drug-likeness (QED) is 0.178. The fraction of sp³-hybridized carbons (Fsp3) is 0.257. The van der Waals surface area contributed by atoms with Gasteiger partial charge in [0.2, 0.25) is 11.3 Å². The van der Waals surface area contributed by atoms with Crippen LogP contribution >= 0.6 is 0 Å². The summed E-state index contributed by atoms with van der Waals surface area (Å²) >= 11 is 0. The number of ether oxygens (including phenoxy) is 3. The van der Waals surface area contributed by atoms with E-state index in [1.165, 1.54) is 42.6 Å². The van der Waals surface area contributed by atoms with E-state index in [2.05, 4.69) is 25.2 Å². The largest absolute Gasteiger partial charge is 0.477 e. The number of halogens is 2. The van der Waals surface area contributed by atoms with E-state index in [9.17, 15) is 14.0 Å². The molecule has 1 aliphatic rings. The number of aromatic nitrogens is 3. The van der Waals surface area contributed by atoms with Gasteiger partial charge >= 0.3 is 0 Å². The summed E-state index contributed by atoms with van der Waals surface area (Å²) in [6.45, 7) is 8.27. The van der Waals surface area contributed by atoms with Crippen molar-refractivity contribution in [3.05, 3.63) is 106 Å². The Morgan fingerprint density at radius 2 is 1.83 bits per heavy atom.